The fourth-order valence-electron chi connectivity index (χ4n) is 3.58. The summed E-state index contributed by atoms with van der Waals surface area (Å²) in [5.74, 6) is 1.33. The highest BCUT2D eigenvalue weighted by atomic mass is 16.5. The van der Waals surface area contributed by atoms with Crippen LogP contribution in [-0.2, 0) is 11.2 Å². The number of phenols is 1. The van der Waals surface area contributed by atoms with Crippen molar-refractivity contribution in [1.82, 2.24) is 0 Å². The molecule has 2 N–H and O–H groups in total. The van der Waals surface area contributed by atoms with Gasteiger partial charge in [-0.3, -0.25) is 4.79 Å². The summed E-state index contributed by atoms with van der Waals surface area (Å²) in [5.41, 5.74) is 5.60. The lowest BCUT2D eigenvalue weighted by atomic mass is 9.93. The van der Waals surface area contributed by atoms with Crippen LogP contribution in [0.15, 0.2) is 30.3 Å². The maximum atomic E-state index is 12.1. The Morgan fingerprint density at radius 2 is 1.76 bits per heavy atom. The van der Waals surface area contributed by atoms with Crippen LogP contribution < -0.4 is 4.74 Å². The predicted octanol–water partition coefficient (Wildman–Crippen LogP) is 5.08. The van der Waals surface area contributed by atoms with Crippen LogP contribution in [0.2, 0.25) is 0 Å². The third-order valence-corrected chi connectivity index (χ3v) is 5.52. The van der Waals surface area contributed by atoms with Crippen molar-refractivity contribution in [2.45, 2.75) is 59.8 Å². The first-order valence-electron chi connectivity index (χ1n) is 10.4. The van der Waals surface area contributed by atoms with Gasteiger partial charge in [0.15, 0.2) is 5.78 Å². The summed E-state index contributed by atoms with van der Waals surface area (Å²) in [6.07, 6.45) is 1.92. The summed E-state index contributed by atoms with van der Waals surface area (Å²) in [7, 11) is 0. The Hall–Kier alpha value is -2.33. The van der Waals surface area contributed by atoms with Crippen molar-refractivity contribution in [3.63, 3.8) is 0 Å². The van der Waals surface area contributed by atoms with Gasteiger partial charge >= 0.3 is 0 Å². The van der Waals surface area contributed by atoms with Crippen LogP contribution in [-0.4, -0.2) is 29.2 Å². The van der Waals surface area contributed by atoms with Crippen LogP contribution in [0.1, 0.15) is 67.3 Å². The lowest BCUT2D eigenvalue weighted by molar-refractivity contribution is -0.122. The van der Waals surface area contributed by atoms with Crippen LogP contribution in [0.4, 0.5) is 0 Å². The fraction of sp³-hybridized carbons (Fsp3) is 0.480. The monoisotopic (exact) mass is 398 g/mol. The van der Waals surface area contributed by atoms with Gasteiger partial charge in [-0.1, -0.05) is 39.3 Å². The number of hydrogen-bond acceptors (Lipinski definition) is 4. The summed E-state index contributed by atoms with van der Waals surface area (Å²) in [5, 5.41) is 19.3. The minimum absolute atomic E-state index is 0.00981. The van der Waals surface area contributed by atoms with E-state index in [-0.39, 0.29) is 30.8 Å². The van der Waals surface area contributed by atoms with Crippen molar-refractivity contribution >= 4 is 5.78 Å². The van der Waals surface area contributed by atoms with Crippen LogP contribution in [0.3, 0.4) is 0 Å². The Kier molecular flexibility index (Phi) is 8.27. The molecule has 0 aliphatic rings. The third-order valence-electron chi connectivity index (χ3n) is 5.52. The summed E-state index contributed by atoms with van der Waals surface area (Å²) < 4.78 is 5.73. The number of aryl methyl sites for hydroxylation is 2. The number of carbonyl (C=O) groups excluding carboxylic acids is 1. The van der Waals surface area contributed by atoms with Gasteiger partial charge < -0.3 is 14.9 Å². The Balaban J connectivity index is 2.10. The van der Waals surface area contributed by atoms with E-state index in [0.717, 1.165) is 35.1 Å². The minimum Gasteiger partial charge on any atom is -0.508 e. The van der Waals surface area contributed by atoms with E-state index in [4.69, 9.17) is 4.74 Å². The molecule has 1 unspecified atom stereocenters. The van der Waals surface area contributed by atoms with E-state index in [1.165, 1.54) is 5.56 Å². The zero-order chi connectivity index (χ0) is 21.6. The van der Waals surface area contributed by atoms with Gasteiger partial charge in [-0.05, 0) is 78.1 Å². The fourth-order valence-corrected chi connectivity index (χ4v) is 3.58. The Labute approximate surface area is 174 Å². The predicted molar refractivity (Wildman–Crippen MR) is 117 cm³/mol. The molecule has 158 valence electrons. The zero-order valence-electron chi connectivity index (χ0n) is 18.3. The third kappa shape index (κ3) is 6.33. The van der Waals surface area contributed by atoms with E-state index in [2.05, 4.69) is 33.8 Å². The molecular weight excluding hydrogens is 364 g/mol. The number of phenolic OH excluding ortho intramolecular Hbond substituents is 1. The van der Waals surface area contributed by atoms with Gasteiger partial charge in [-0.15, -0.1) is 0 Å². The van der Waals surface area contributed by atoms with E-state index in [9.17, 15) is 15.0 Å². The topological polar surface area (TPSA) is 66.8 Å². The number of rotatable bonds is 10. The number of hydrogen-bond donors (Lipinski definition) is 2. The molecule has 0 saturated carbocycles. The van der Waals surface area contributed by atoms with Gasteiger partial charge in [0.2, 0.25) is 0 Å². The largest absolute Gasteiger partial charge is 0.508 e. The number of carbonyl (C=O) groups is 1. The Bertz CT molecular complexity index is 812. The molecule has 0 bridgehead atoms. The molecule has 2 aromatic rings. The molecule has 29 heavy (non-hydrogen) atoms. The molecule has 2 rings (SSSR count). The zero-order valence-corrected chi connectivity index (χ0v) is 18.3. The summed E-state index contributed by atoms with van der Waals surface area (Å²) >= 11 is 0. The van der Waals surface area contributed by atoms with Crippen molar-refractivity contribution in [3.05, 3.63) is 58.1 Å². The molecular formula is C25H34O4. The molecule has 4 heteroatoms. The molecule has 0 heterocycles. The lowest BCUT2D eigenvalue weighted by Gasteiger charge is -2.16. The van der Waals surface area contributed by atoms with Gasteiger partial charge in [0.25, 0.3) is 0 Å². The van der Waals surface area contributed by atoms with Gasteiger partial charge in [-0.25, -0.2) is 0 Å². The summed E-state index contributed by atoms with van der Waals surface area (Å²) in [6.45, 7) is 10.3. The number of aliphatic hydroxyl groups is 1. The molecule has 1 atom stereocenters. The van der Waals surface area contributed by atoms with Gasteiger partial charge in [-0.2, -0.15) is 0 Å². The smallest absolute Gasteiger partial charge is 0.170 e. The van der Waals surface area contributed by atoms with Gasteiger partial charge in [0, 0.05) is 13.0 Å². The molecule has 4 nitrogen and oxygen atoms in total. The second-order valence-electron chi connectivity index (χ2n) is 8.25. The first-order chi connectivity index (χ1) is 13.7. The Morgan fingerprint density at radius 1 is 1.10 bits per heavy atom. The quantitative estimate of drug-likeness (QED) is 0.586. The first kappa shape index (κ1) is 23.0. The average Bonchev–Trinajstić information content (AvgIpc) is 2.68. The molecule has 2 aromatic carbocycles. The van der Waals surface area contributed by atoms with Crippen molar-refractivity contribution in [2.24, 2.45) is 5.92 Å². The highest BCUT2D eigenvalue weighted by Crippen LogP contribution is 2.29. The summed E-state index contributed by atoms with van der Waals surface area (Å²) in [6, 6.07) is 9.77. The standard InChI is InChI=1S/C25H34O4/c1-6-19(14-26)11-21(27)15-29-22-9-17(4)24(18(5)10-22)13-20-7-8-25(28)23(12-20)16(2)3/h7-10,12,16,19,26,28H,6,11,13-15H2,1-5H3. The number of aliphatic hydroxyl groups excluding tert-OH is 1. The molecule has 0 saturated heterocycles. The SMILES string of the molecule is CCC(CO)CC(=O)COc1cc(C)c(Cc2ccc(O)c(C(C)C)c2)c(C)c1. The van der Waals surface area contributed by atoms with Gasteiger partial charge in [0.05, 0.1) is 0 Å². The van der Waals surface area contributed by atoms with E-state index in [0.29, 0.717) is 17.9 Å². The molecule has 0 aromatic heterocycles. The molecule has 0 aliphatic heterocycles. The number of ether oxygens (including phenoxy) is 1. The minimum atomic E-state index is 0.00981. The van der Waals surface area contributed by atoms with Crippen LogP contribution in [0.25, 0.3) is 0 Å². The number of Topliss-reactive ketones (excluding diaryl/α,β-unsaturated/α-hetero) is 1. The lowest BCUT2D eigenvalue weighted by Crippen LogP contribution is -2.17. The second-order valence-corrected chi connectivity index (χ2v) is 8.25. The molecule has 0 radical (unpaired) electrons. The van der Waals surface area contributed by atoms with Crippen LogP contribution in [0, 0.1) is 19.8 Å². The number of ketones is 1. The van der Waals surface area contributed by atoms with Crippen LogP contribution >= 0.6 is 0 Å². The Morgan fingerprint density at radius 3 is 2.31 bits per heavy atom. The first-order valence-corrected chi connectivity index (χ1v) is 10.4. The molecule has 0 fully saturated rings. The van der Waals surface area contributed by atoms with Crippen LogP contribution in [0.5, 0.6) is 11.5 Å². The maximum absolute atomic E-state index is 12.1. The number of benzene rings is 2. The van der Waals surface area contributed by atoms with Crippen molar-refractivity contribution < 1.29 is 19.7 Å². The van der Waals surface area contributed by atoms with E-state index >= 15 is 0 Å². The van der Waals surface area contributed by atoms with Crippen molar-refractivity contribution in [1.29, 1.82) is 0 Å². The normalized spacial score (nSPS) is 12.2. The van der Waals surface area contributed by atoms with Gasteiger partial charge in [0.1, 0.15) is 18.1 Å². The molecule has 0 spiro atoms. The van der Waals surface area contributed by atoms with E-state index in [1.54, 1.807) is 6.07 Å². The van der Waals surface area contributed by atoms with E-state index < -0.39 is 0 Å². The van der Waals surface area contributed by atoms with Crippen molar-refractivity contribution in [2.75, 3.05) is 13.2 Å². The second kappa shape index (κ2) is 10.4. The molecule has 0 aliphatic carbocycles. The number of aromatic hydroxyl groups is 1. The summed E-state index contributed by atoms with van der Waals surface area (Å²) in [4.78, 5) is 12.1. The highest BCUT2D eigenvalue weighted by Gasteiger charge is 2.14. The average molecular weight is 399 g/mol. The highest BCUT2D eigenvalue weighted by molar-refractivity contribution is 5.80. The van der Waals surface area contributed by atoms with Crippen molar-refractivity contribution in [3.8, 4) is 11.5 Å². The van der Waals surface area contributed by atoms with E-state index in [1.807, 2.05) is 25.1 Å². The molecule has 0 amide bonds. The maximum Gasteiger partial charge on any atom is 0.170 e.